The minimum atomic E-state index is -0.230. The topological polar surface area (TPSA) is 61.4 Å². The van der Waals surface area contributed by atoms with Crippen LogP contribution in [0.2, 0.25) is 10.0 Å². The van der Waals surface area contributed by atoms with E-state index in [1.165, 1.54) is 0 Å². The molecule has 0 unspecified atom stereocenters. The van der Waals surface area contributed by atoms with Crippen LogP contribution in [0.1, 0.15) is 12.0 Å². The Bertz CT molecular complexity index is 738. The molecule has 0 aromatic heterocycles. The van der Waals surface area contributed by atoms with Crippen molar-refractivity contribution in [3.05, 3.63) is 64.1 Å². The predicted molar refractivity (Wildman–Crippen MR) is 101 cm³/mol. The van der Waals surface area contributed by atoms with E-state index in [-0.39, 0.29) is 24.9 Å². The molecule has 3 amide bonds. The van der Waals surface area contributed by atoms with Crippen molar-refractivity contribution in [1.29, 1.82) is 0 Å². The van der Waals surface area contributed by atoms with Crippen LogP contribution < -0.4 is 10.6 Å². The minimum absolute atomic E-state index is 0.158. The van der Waals surface area contributed by atoms with Gasteiger partial charge < -0.3 is 15.5 Å². The summed E-state index contributed by atoms with van der Waals surface area (Å²) in [6, 6.07) is 14.3. The molecule has 0 aliphatic rings. The summed E-state index contributed by atoms with van der Waals surface area (Å²) >= 11 is 11.7. The number of benzene rings is 2. The summed E-state index contributed by atoms with van der Waals surface area (Å²) in [5, 5.41) is 6.22. The first kappa shape index (κ1) is 19.1. The van der Waals surface area contributed by atoms with Crippen molar-refractivity contribution >= 4 is 40.8 Å². The molecule has 5 nitrogen and oxygen atoms in total. The van der Waals surface area contributed by atoms with Crippen LogP contribution in [0, 0.1) is 0 Å². The Balaban J connectivity index is 1.72. The zero-order valence-corrected chi connectivity index (χ0v) is 15.3. The molecule has 0 bridgehead atoms. The molecular weight excluding hydrogens is 361 g/mol. The van der Waals surface area contributed by atoms with Gasteiger partial charge in [0.1, 0.15) is 0 Å². The van der Waals surface area contributed by atoms with Gasteiger partial charge in [0.25, 0.3) is 0 Å². The van der Waals surface area contributed by atoms with Gasteiger partial charge in [-0.2, -0.15) is 0 Å². The molecule has 2 rings (SSSR count). The number of amides is 3. The second-order valence-corrected chi connectivity index (χ2v) is 6.32. The first-order valence-corrected chi connectivity index (χ1v) is 8.49. The summed E-state index contributed by atoms with van der Waals surface area (Å²) in [5.74, 6) is -0.218. The highest BCUT2D eigenvalue weighted by atomic mass is 35.5. The molecule has 0 aliphatic heterocycles. The van der Waals surface area contributed by atoms with Crippen molar-refractivity contribution in [2.75, 3.05) is 18.9 Å². The van der Waals surface area contributed by atoms with Gasteiger partial charge in [-0.3, -0.25) is 4.79 Å². The lowest BCUT2D eigenvalue weighted by Gasteiger charge is -2.18. The van der Waals surface area contributed by atoms with Crippen molar-refractivity contribution in [3.8, 4) is 0 Å². The number of nitrogens with zero attached hydrogens (tertiary/aromatic N) is 1. The van der Waals surface area contributed by atoms with Crippen LogP contribution in [-0.2, 0) is 11.3 Å². The van der Waals surface area contributed by atoms with E-state index in [2.05, 4.69) is 10.6 Å². The number of nitrogens with one attached hydrogen (secondary N) is 2. The third kappa shape index (κ3) is 6.29. The summed E-state index contributed by atoms with van der Waals surface area (Å²) in [5.41, 5.74) is 1.60. The largest absolute Gasteiger partial charge is 0.337 e. The quantitative estimate of drug-likeness (QED) is 0.791. The van der Waals surface area contributed by atoms with E-state index in [0.717, 1.165) is 5.56 Å². The van der Waals surface area contributed by atoms with E-state index in [1.54, 1.807) is 30.1 Å². The Hall–Kier alpha value is -2.24. The van der Waals surface area contributed by atoms with Gasteiger partial charge in [0, 0.05) is 32.2 Å². The van der Waals surface area contributed by atoms with Crippen LogP contribution in [0.5, 0.6) is 0 Å². The van der Waals surface area contributed by atoms with Gasteiger partial charge in [-0.05, 0) is 23.8 Å². The summed E-state index contributed by atoms with van der Waals surface area (Å²) in [4.78, 5) is 25.5. The maximum atomic E-state index is 12.0. The Labute approximate surface area is 156 Å². The number of anilines is 1. The highest BCUT2D eigenvalue weighted by Gasteiger charge is 2.10. The molecule has 2 N–H and O–H groups in total. The van der Waals surface area contributed by atoms with E-state index in [0.29, 0.717) is 22.3 Å². The van der Waals surface area contributed by atoms with E-state index in [1.807, 2.05) is 30.3 Å². The summed E-state index contributed by atoms with van der Waals surface area (Å²) in [6.07, 6.45) is 0.158. The first-order valence-electron chi connectivity index (χ1n) is 7.73. The van der Waals surface area contributed by atoms with Crippen LogP contribution in [0.4, 0.5) is 10.5 Å². The fourth-order valence-corrected chi connectivity index (χ4v) is 2.44. The molecule has 0 radical (unpaired) electrons. The fraction of sp³-hybridized carbons (Fsp3) is 0.222. The monoisotopic (exact) mass is 379 g/mol. The van der Waals surface area contributed by atoms with Crippen LogP contribution in [0.3, 0.4) is 0 Å². The second kappa shape index (κ2) is 9.30. The lowest BCUT2D eigenvalue weighted by Crippen LogP contribution is -2.38. The molecule has 0 atom stereocenters. The Morgan fingerprint density at radius 1 is 1.04 bits per heavy atom. The van der Waals surface area contributed by atoms with Gasteiger partial charge in [0.05, 0.1) is 10.0 Å². The standard InChI is InChI=1S/C18H19Cl2N3O2/c1-23(12-13-5-3-2-4-6-13)18(25)21-10-9-17(24)22-14-7-8-15(19)16(20)11-14/h2-8,11H,9-10,12H2,1H3,(H,21,25)(H,22,24). The Morgan fingerprint density at radius 3 is 2.44 bits per heavy atom. The van der Waals surface area contributed by atoms with Gasteiger partial charge in [-0.1, -0.05) is 53.5 Å². The number of urea groups is 1. The number of hydrogen-bond acceptors (Lipinski definition) is 2. The van der Waals surface area contributed by atoms with Gasteiger partial charge in [0.2, 0.25) is 5.91 Å². The normalized spacial score (nSPS) is 10.2. The SMILES string of the molecule is CN(Cc1ccccc1)C(=O)NCCC(=O)Nc1ccc(Cl)c(Cl)c1. The van der Waals surface area contributed by atoms with Crippen molar-refractivity contribution in [1.82, 2.24) is 10.2 Å². The third-order valence-electron chi connectivity index (χ3n) is 3.44. The molecule has 2 aromatic carbocycles. The Kier molecular flexibility index (Phi) is 7.10. The highest BCUT2D eigenvalue weighted by Crippen LogP contribution is 2.24. The summed E-state index contributed by atoms with van der Waals surface area (Å²) in [7, 11) is 1.71. The molecule has 0 spiro atoms. The zero-order valence-electron chi connectivity index (χ0n) is 13.8. The Morgan fingerprint density at radius 2 is 1.76 bits per heavy atom. The van der Waals surface area contributed by atoms with E-state index in [4.69, 9.17) is 23.2 Å². The molecular formula is C18H19Cl2N3O2. The van der Waals surface area contributed by atoms with Gasteiger partial charge in [-0.25, -0.2) is 4.79 Å². The lowest BCUT2D eigenvalue weighted by molar-refractivity contribution is -0.116. The molecule has 7 heteroatoms. The lowest BCUT2D eigenvalue weighted by atomic mass is 10.2. The second-order valence-electron chi connectivity index (χ2n) is 5.50. The molecule has 2 aromatic rings. The predicted octanol–water partition coefficient (Wildman–Crippen LogP) is 4.16. The molecule has 25 heavy (non-hydrogen) atoms. The van der Waals surface area contributed by atoms with Crippen LogP contribution >= 0.6 is 23.2 Å². The number of hydrogen-bond donors (Lipinski definition) is 2. The number of rotatable bonds is 6. The molecule has 132 valence electrons. The van der Waals surface area contributed by atoms with Crippen LogP contribution in [0.15, 0.2) is 48.5 Å². The average molecular weight is 380 g/mol. The van der Waals surface area contributed by atoms with Gasteiger partial charge in [0.15, 0.2) is 0 Å². The fourth-order valence-electron chi connectivity index (χ4n) is 2.14. The van der Waals surface area contributed by atoms with E-state index < -0.39 is 0 Å². The van der Waals surface area contributed by atoms with Crippen molar-refractivity contribution in [2.24, 2.45) is 0 Å². The van der Waals surface area contributed by atoms with E-state index in [9.17, 15) is 9.59 Å². The van der Waals surface area contributed by atoms with E-state index >= 15 is 0 Å². The van der Waals surface area contributed by atoms with Gasteiger partial charge in [-0.15, -0.1) is 0 Å². The number of carbonyl (C=O) groups is 2. The smallest absolute Gasteiger partial charge is 0.317 e. The average Bonchev–Trinajstić information content (AvgIpc) is 2.59. The highest BCUT2D eigenvalue weighted by molar-refractivity contribution is 6.42. The van der Waals surface area contributed by atoms with Gasteiger partial charge >= 0.3 is 6.03 Å². The van der Waals surface area contributed by atoms with Crippen molar-refractivity contribution in [2.45, 2.75) is 13.0 Å². The number of carbonyl (C=O) groups excluding carboxylic acids is 2. The first-order chi connectivity index (χ1) is 12.0. The molecule has 0 heterocycles. The zero-order chi connectivity index (χ0) is 18.2. The maximum absolute atomic E-state index is 12.0. The summed E-state index contributed by atoms with van der Waals surface area (Å²) in [6.45, 7) is 0.743. The molecule has 0 saturated heterocycles. The van der Waals surface area contributed by atoms with Crippen LogP contribution in [-0.4, -0.2) is 30.4 Å². The third-order valence-corrected chi connectivity index (χ3v) is 4.18. The maximum Gasteiger partial charge on any atom is 0.317 e. The molecule has 0 aliphatic carbocycles. The van der Waals surface area contributed by atoms with Crippen molar-refractivity contribution in [3.63, 3.8) is 0 Å². The minimum Gasteiger partial charge on any atom is -0.337 e. The molecule has 0 saturated carbocycles. The summed E-state index contributed by atoms with van der Waals surface area (Å²) < 4.78 is 0. The molecule has 0 fully saturated rings. The number of halogens is 2. The van der Waals surface area contributed by atoms with Crippen molar-refractivity contribution < 1.29 is 9.59 Å². The van der Waals surface area contributed by atoms with Crippen LogP contribution in [0.25, 0.3) is 0 Å².